The second kappa shape index (κ2) is 6.43. The van der Waals surface area contributed by atoms with Gasteiger partial charge in [0.1, 0.15) is 5.75 Å². The third-order valence-corrected chi connectivity index (χ3v) is 3.20. The summed E-state index contributed by atoms with van der Waals surface area (Å²) >= 11 is 0. The highest BCUT2D eigenvalue weighted by Crippen LogP contribution is 2.18. The number of carbonyl (C=O) groups excluding carboxylic acids is 1. The van der Waals surface area contributed by atoms with Crippen molar-refractivity contribution in [1.82, 2.24) is 4.90 Å². The van der Waals surface area contributed by atoms with Crippen LogP contribution in [0.2, 0.25) is 0 Å². The molecule has 5 nitrogen and oxygen atoms in total. The monoisotopic (exact) mass is 264 g/mol. The van der Waals surface area contributed by atoms with Crippen LogP contribution in [-0.4, -0.2) is 50.8 Å². The molecular formula is C14H20N2O3. The van der Waals surface area contributed by atoms with E-state index in [1.165, 1.54) is 7.11 Å². The number of likely N-dealkylation sites (N-methyl/N-ethyl adjacent to an activating group) is 1. The lowest BCUT2D eigenvalue weighted by Gasteiger charge is -2.14. The first kappa shape index (κ1) is 13.7. The number of carbonyl (C=O) groups is 1. The molecule has 19 heavy (non-hydrogen) atoms. The molecule has 1 fully saturated rings. The molecule has 0 aromatic heterocycles. The summed E-state index contributed by atoms with van der Waals surface area (Å²) in [6.45, 7) is 2.15. The van der Waals surface area contributed by atoms with Gasteiger partial charge in [-0.1, -0.05) is 0 Å². The Morgan fingerprint density at radius 2 is 2.16 bits per heavy atom. The Labute approximate surface area is 113 Å². The fraction of sp³-hybridized carbons (Fsp3) is 0.500. The molecule has 1 aromatic rings. The minimum atomic E-state index is -0.379. The Kier molecular flexibility index (Phi) is 4.63. The van der Waals surface area contributed by atoms with Crippen molar-refractivity contribution in [1.29, 1.82) is 0 Å². The Bertz CT molecular complexity index is 419. The van der Waals surface area contributed by atoms with Crippen molar-refractivity contribution < 1.29 is 14.3 Å². The summed E-state index contributed by atoms with van der Waals surface area (Å²) in [4.78, 5) is 13.3. The van der Waals surface area contributed by atoms with Gasteiger partial charge in [0.25, 0.3) is 0 Å². The summed E-state index contributed by atoms with van der Waals surface area (Å²) in [6.07, 6.45) is 1.16. The van der Waals surface area contributed by atoms with Gasteiger partial charge >= 0.3 is 5.97 Å². The fourth-order valence-corrected chi connectivity index (χ4v) is 2.14. The molecule has 0 bridgehead atoms. The molecule has 1 aliphatic heterocycles. The molecule has 1 unspecified atom stereocenters. The summed E-state index contributed by atoms with van der Waals surface area (Å²) in [5.41, 5.74) is 1.07. The average molecular weight is 264 g/mol. The number of hydrogen-bond donors (Lipinski definition) is 1. The maximum absolute atomic E-state index is 10.9. The molecule has 0 amide bonds. The molecule has 1 N–H and O–H groups in total. The smallest absolute Gasteiger partial charge is 0.343 e. The minimum absolute atomic E-state index is 0.0588. The molecule has 0 aliphatic carbocycles. The van der Waals surface area contributed by atoms with Gasteiger partial charge in [0.2, 0.25) is 0 Å². The van der Waals surface area contributed by atoms with E-state index in [2.05, 4.69) is 22.0 Å². The molecule has 5 heteroatoms. The third kappa shape index (κ3) is 4.13. The van der Waals surface area contributed by atoms with Gasteiger partial charge in [-0.3, -0.25) is 0 Å². The van der Waals surface area contributed by atoms with Crippen molar-refractivity contribution in [2.45, 2.75) is 12.5 Å². The summed E-state index contributed by atoms with van der Waals surface area (Å²) in [5.74, 6) is 0.288. The van der Waals surface area contributed by atoms with Crippen LogP contribution in [0.4, 0.5) is 5.69 Å². The van der Waals surface area contributed by atoms with E-state index in [9.17, 15) is 4.79 Å². The van der Waals surface area contributed by atoms with E-state index in [0.29, 0.717) is 11.8 Å². The molecule has 0 saturated carbocycles. The van der Waals surface area contributed by atoms with Crippen LogP contribution in [0.5, 0.6) is 5.75 Å². The first-order chi connectivity index (χ1) is 9.17. The second-order valence-electron chi connectivity index (χ2n) is 4.78. The highest BCUT2D eigenvalue weighted by molar-refractivity contribution is 5.70. The number of rotatable bonds is 5. The SMILES string of the molecule is COC(=O)COc1ccc(NC2CCN(C)C2)cc1. The third-order valence-electron chi connectivity index (χ3n) is 3.20. The van der Waals surface area contributed by atoms with Crippen molar-refractivity contribution in [3.05, 3.63) is 24.3 Å². The molecule has 0 spiro atoms. The van der Waals surface area contributed by atoms with Gasteiger partial charge in [-0.15, -0.1) is 0 Å². The van der Waals surface area contributed by atoms with Crippen LogP contribution in [-0.2, 0) is 9.53 Å². The van der Waals surface area contributed by atoms with E-state index in [4.69, 9.17) is 4.74 Å². The Balaban J connectivity index is 1.82. The van der Waals surface area contributed by atoms with Gasteiger partial charge in [-0.2, -0.15) is 0 Å². The minimum Gasteiger partial charge on any atom is -0.482 e. The quantitative estimate of drug-likeness (QED) is 0.814. The zero-order chi connectivity index (χ0) is 13.7. The predicted octanol–water partition coefficient (Wildman–Crippen LogP) is 1.35. The lowest BCUT2D eigenvalue weighted by Crippen LogP contribution is -2.23. The number of likely N-dealkylation sites (tertiary alicyclic amines) is 1. The van der Waals surface area contributed by atoms with Crippen LogP contribution < -0.4 is 10.1 Å². The van der Waals surface area contributed by atoms with Crippen LogP contribution in [0.25, 0.3) is 0 Å². The molecule has 1 heterocycles. The van der Waals surface area contributed by atoms with E-state index in [1.54, 1.807) is 0 Å². The number of esters is 1. The first-order valence-corrected chi connectivity index (χ1v) is 6.42. The highest BCUT2D eigenvalue weighted by atomic mass is 16.6. The zero-order valence-corrected chi connectivity index (χ0v) is 11.4. The van der Waals surface area contributed by atoms with Gasteiger partial charge in [0, 0.05) is 18.3 Å². The Hall–Kier alpha value is -1.75. The summed E-state index contributed by atoms with van der Waals surface area (Å²) in [6, 6.07) is 8.14. The van der Waals surface area contributed by atoms with E-state index < -0.39 is 0 Å². The molecule has 1 aromatic carbocycles. The van der Waals surface area contributed by atoms with Gasteiger partial charge in [0.15, 0.2) is 6.61 Å². The zero-order valence-electron chi connectivity index (χ0n) is 11.4. The molecule has 104 valence electrons. The van der Waals surface area contributed by atoms with Crippen LogP contribution in [0.1, 0.15) is 6.42 Å². The number of nitrogens with zero attached hydrogens (tertiary/aromatic N) is 1. The number of anilines is 1. The first-order valence-electron chi connectivity index (χ1n) is 6.42. The molecule has 0 radical (unpaired) electrons. The maximum atomic E-state index is 10.9. The number of methoxy groups -OCH3 is 1. The fourth-order valence-electron chi connectivity index (χ4n) is 2.14. The summed E-state index contributed by atoms with van der Waals surface area (Å²) in [5, 5.41) is 3.49. The Morgan fingerprint density at radius 1 is 1.42 bits per heavy atom. The van der Waals surface area contributed by atoms with Crippen molar-refractivity contribution in [3.8, 4) is 5.75 Å². The molecule has 1 saturated heterocycles. The van der Waals surface area contributed by atoms with E-state index in [0.717, 1.165) is 25.2 Å². The van der Waals surface area contributed by atoms with Gasteiger partial charge in [-0.25, -0.2) is 4.79 Å². The van der Waals surface area contributed by atoms with Crippen molar-refractivity contribution in [2.24, 2.45) is 0 Å². The van der Waals surface area contributed by atoms with Crippen molar-refractivity contribution >= 4 is 11.7 Å². The van der Waals surface area contributed by atoms with Crippen LogP contribution in [0, 0.1) is 0 Å². The Morgan fingerprint density at radius 3 is 2.74 bits per heavy atom. The second-order valence-corrected chi connectivity index (χ2v) is 4.78. The van der Waals surface area contributed by atoms with Crippen molar-refractivity contribution in [3.63, 3.8) is 0 Å². The summed E-state index contributed by atoms with van der Waals surface area (Å²) < 4.78 is 9.80. The van der Waals surface area contributed by atoms with Crippen LogP contribution in [0.3, 0.4) is 0 Å². The van der Waals surface area contributed by atoms with Gasteiger partial charge in [-0.05, 0) is 44.3 Å². The number of benzene rings is 1. The van der Waals surface area contributed by atoms with Gasteiger partial charge < -0.3 is 19.7 Å². The summed E-state index contributed by atoms with van der Waals surface area (Å²) in [7, 11) is 3.47. The normalized spacial score (nSPS) is 19.2. The largest absolute Gasteiger partial charge is 0.482 e. The van der Waals surface area contributed by atoms with E-state index >= 15 is 0 Å². The number of nitrogens with one attached hydrogen (secondary N) is 1. The molecular weight excluding hydrogens is 244 g/mol. The van der Waals surface area contributed by atoms with Crippen LogP contribution >= 0.6 is 0 Å². The molecule has 1 aliphatic rings. The van der Waals surface area contributed by atoms with Gasteiger partial charge in [0.05, 0.1) is 7.11 Å². The number of ether oxygens (including phenoxy) is 2. The molecule has 2 rings (SSSR count). The van der Waals surface area contributed by atoms with Crippen LogP contribution in [0.15, 0.2) is 24.3 Å². The topological polar surface area (TPSA) is 50.8 Å². The lowest BCUT2D eigenvalue weighted by molar-refractivity contribution is -0.142. The lowest BCUT2D eigenvalue weighted by atomic mass is 10.2. The molecule has 1 atom stereocenters. The highest BCUT2D eigenvalue weighted by Gasteiger charge is 2.18. The van der Waals surface area contributed by atoms with E-state index in [-0.39, 0.29) is 12.6 Å². The standard InChI is InChI=1S/C14H20N2O3/c1-16-8-7-12(9-16)15-11-3-5-13(6-4-11)19-10-14(17)18-2/h3-6,12,15H,7-10H2,1-2H3. The predicted molar refractivity (Wildman–Crippen MR) is 73.5 cm³/mol. The van der Waals surface area contributed by atoms with Crippen molar-refractivity contribution in [2.75, 3.05) is 39.2 Å². The van der Waals surface area contributed by atoms with E-state index in [1.807, 2.05) is 24.3 Å². The number of hydrogen-bond acceptors (Lipinski definition) is 5. The average Bonchev–Trinajstić information content (AvgIpc) is 2.83. The maximum Gasteiger partial charge on any atom is 0.343 e.